The van der Waals surface area contributed by atoms with Gasteiger partial charge in [-0.3, -0.25) is 0 Å². The Morgan fingerprint density at radius 3 is 2.79 bits per heavy atom. The lowest BCUT2D eigenvalue weighted by Crippen LogP contribution is -2.32. The van der Waals surface area contributed by atoms with Gasteiger partial charge in [0.25, 0.3) is 0 Å². The van der Waals surface area contributed by atoms with Crippen molar-refractivity contribution in [1.82, 2.24) is 10.2 Å². The molecule has 1 aliphatic rings. The largest absolute Gasteiger partial charge is 0.448 e. The third kappa shape index (κ3) is 4.17. The summed E-state index contributed by atoms with van der Waals surface area (Å²) in [5.74, 6) is 0. The number of nitrogens with zero attached hydrogens (tertiary/aromatic N) is 1. The molecule has 1 aliphatic heterocycles. The van der Waals surface area contributed by atoms with Gasteiger partial charge in [-0.05, 0) is 18.6 Å². The van der Waals surface area contributed by atoms with Crippen molar-refractivity contribution in [2.45, 2.75) is 6.42 Å². The molecule has 2 N–H and O–H groups in total. The minimum atomic E-state index is -0.270. The second-order valence-corrected chi connectivity index (χ2v) is 4.20. The first-order valence-corrected chi connectivity index (χ1v) is 6.27. The number of hydrogen-bond acceptors (Lipinski definition) is 3. The van der Waals surface area contributed by atoms with E-state index in [1.54, 1.807) is 4.90 Å². The predicted octanol–water partition coefficient (Wildman–Crippen LogP) is 1.65. The minimum absolute atomic E-state index is 0.241. The molecule has 6 heteroatoms. The smallest absolute Gasteiger partial charge is 0.409 e. The number of para-hydroxylation sites is 1. The van der Waals surface area contributed by atoms with Crippen LogP contribution in [0.2, 0.25) is 0 Å². The molecule has 102 valence electrons. The lowest BCUT2D eigenvalue weighted by Gasteiger charge is -2.12. The number of hydrogen-bond donors (Lipinski definition) is 2. The molecule has 0 bridgehead atoms. The van der Waals surface area contributed by atoms with Gasteiger partial charge in [0.05, 0.1) is 6.54 Å². The molecule has 1 aromatic rings. The molecule has 19 heavy (non-hydrogen) atoms. The second kappa shape index (κ2) is 6.63. The summed E-state index contributed by atoms with van der Waals surface area (Å²) in [6.07, 6.45) is 0.436. The molecular weight excluding hydrogens is 246 g/mol. The number of urea groups is 1. The van der Waals surface area contributed by atoms with Crippen LogP contribution in [0.25, 0.3) is 0 Å². The molecule has 0 unspecified atom stereocenters. The molecule has 1 saturated heterocycles. The van der Waals surface area contributed by atoms with Gasteiger partial charge >= 0.3 is 12.1 Å². The highest BCUT2D eigenvalue weighted by Gasteiger charge is 2.20. The maximum absolute atomic E-state index is 11.5. The zero-order valence-electron chi connectivity index (χ0n) is 10.6. The Kier molecular flexibility index (Phi) is 4.60. The van der Waals surface area contributed by atoms with E-state index in [1.807, 2.05) is 30.3 Å². The number of anilines is 1. The van der Waals surface area contributed by atoms with Crippen LogP contribution in [0.1, 0.15) is 6.42 Å². The molecule has 0 radical (unpaired) electrons. The average Bonchev–Trinajstić information content (AvgIpc) is 2.81. The summed E-state index contributed by atoms with van der Waals surface area (Å²) >= 11 is 0. The lowest BCUT2D eigenvalue weighted by atomic mass is 10.3. The van der Waals surface area contributed by atoms with Gasteiger partial charge in [-0.25, -0.2) is 9.59 Å². The third-order valence-corrected chi connectivity index (χ3v) is 2.77. The van der Waals surface area contributed by atoms with Crippen molar-refractivity contribution in [1.29, 1.82) is 0 Å². The van der Waals surface area contributed by atoms with Crippen LogP contribution in [0.5, 0.6) is 0 Å². The molecule has 1 fully saturated rings. The van der Waals surface area contributed by atoms with E-state index >= 15 is 0 Å². The predicted molar refractivity (Wildman–Crippen MR) is 71.0 cm³/mol. The Labute approximate surface area is 111 Å². The number of ether oxygens (including phenoxy) is 1. The number of carbonyl (C=O) groups excluding carboxylic acids is 2. The summed E-state index contributed by atoms with van der Waals surface area (Å²) in [5, 5.41) is 5.46. The third-order valence-electron chi connectivity index (χ3n) is 2.77. The summed E-state index contributed by atoms with van der Waals surface area (Å²) in [7, 11) is 0. The maximum Gasteiger partial charge on any atom is 0.409 e. The van der Waals surface area contributed by atoms with E-state index < -0.39 is 0 Å². The van der Waals surface area contributed by atoms with Gasteiger partial charge < -0.3 is 20.3 Å². The van der Waals surface area contributed by atoms with Crippen molar-refractivity contribution in [3.63, 3.8) is 0 Å². The standard InChI is InChI=1S/C13H17N3O3/c17-12(15-11-5-2-1-3-6-11)14-7-4-8-16-9-10-19-13(16)18/h1-3,5-6H,4,7-10H2,(H2,14,15,17). The van der Waals surface area contributed by atoms with Crippen molar-refractivity contribution in [3.05, 3.63) is 30.3 Å². The number of nitrogens with one attached hydrogen (secondary N) is 2. The quantitative estimate of drug-likeness (QED) is 0.793. The highest BCUT2D eigenvalue weighted by molar-refractivity contribution is 5.89. The van der Waals surface area contributed by atoms with E-state index in [1.165, 1.54) is 0 Å². The van der Waals surface area contributed by atoms with Crippen LogP contribution in [0.15, 0.2) is 30.3 Å². The molecule has 6 nitrogen and oxygen atoms in total. The first-order chi connectivity index (χ1) is 9.25. The normalized spacial score (nSPS) is 14.1. The van der Waals surface area contributed by atoms with Gasteiger partial charge in [0, 0.05) is 18.8 Å². The van der Waals surface area contributed by atoms with Crippen LogP contribution in [0.3, 0.4) is 0 Å². The topological polar surface area (TPSA) is 70.7 Å². The number of carbonyl (C=O) groups is 2. The Morgan fingerprint density at radius 2 is 2.11 bits per heavy atom. The summed E-state index contributed by atoms with van der Waals surface area (Å²) in [4.78, 5) is 24.3. The fourth-order valence-electron chi connectivity index (χ4n) is 1.80. The van der Waals surface area contributed by atoms with E-state index in [0.29, 0.717) is 32.7 Å². The zero-order chi connectivity index (χ0) is 13.5. The highest BCUT2D eigenvalue weighted by Crippen LogP contribution is 2.05. The van der Waals surface area contributed by atoms with Crippen molar-refractivity contribution < 1.29 is 14.3 Å². The fraction of sp³-hybridized carbons (Fsp3) is 0.385. The van der Waals surface area contributed by atoms with E-state index in [2.05, 4.69) is 10.6 Å². The van der Waals surface area contributed by atoms with E-state index in [0.717, 1.165) is 5.69 Å². The van der Waals surface area contributed by atoms with E-state index in [-0.39, 0.29) is 12.1 Å². The van der Waals surface area contributed by atoms with Gasteiger partial charge in [-0.15, -0.1) is 0 Å². The van der Waals surface area contributed by atoms with Gasteiger partial charge in [0.1, 0.15) is 6.61 Å². The zero-order valence-corrected chi connectivity index (χ0v) is 10.6. The number of rotatable bonds is 5. The van der Waals surface area contributed by atoms with E-state index in [9.17, 15) is 9.59 Å². The van der Waals surface area contributed by atoms with Gasteiger partial charge in [-0.1, -0.05) is 18.2 Å². The van der Waals surface area contributed by atoms with Crippen molar-refractivity contribution >= 4 is 17.8 Å². The Morgan fingerprint density at radius 1 is 1.32 bits per heavy atom. The summed E-state index contributed by atoms with van der Waals surface area (Å²) in [6.45, 7) is 2.21. The Hall–Kier alpha value is -2.24. The first kappa shape index (κ1) is 13.2. The second-order valence-electron chi connectivity index (χ2n) is 4.20. The SMILES string of the molecule is O=C(NCCCN1CCOC1=O)Nc1ccccc1. The lowest BCUT2D eigenvalue weighted by molar-refractivity contribution is 0.158. The molecule has 3 amide bonds. The summed E-state index contributed by atoms with van der Waals surface area (Å²) in [6, 6.07) is 9.00. The molecule has 0 aliphatic carbocycles. The summed E-state index contributed by atoms with van der Waals surface area (Å²) < 4.78 is 4.81. The van der Waals surface area contributed by atoms with Crippen LogP contribution in [-0.4, -0.2) is 43.3 Å². The van der Waals surface area contributed by atoms with Crippen LogP contribution in [0.4, 0.5) is 15.3 Å². The van der Waals surface area contributed by atoms with Crippen LogP contribution < -0.4 is 10.6 Å². The van der Waals surface area contributed by atoms with Crippen molar-refractivity contribution in [3.8, 4) is 0 Å². The number of amides is 3. The molecule has 0 spiro atoms. The molecule has 1 heterocycles. The molecule has 0 saturated carbocycles. The van der Waals surface area contributed by atoms with E-state index in [4.69, 9.17) is 4.74 Å². The molecule has 1 aromatic carbocycles. The van der Waals surface area contributed by atoms with Crippen LogP contribution in [-0.2, 0) is 4.74 Å². The molecular formula is C13H17N3O3. The molecule has 0 aromatic heterocycles. The van der Waals surface area contributed by atoms with Crippen LogP contribution >= 0.6 is 0 Å². The van der Waals surface area contributed by atoms with Gasteiger partial charge in [-0.2, -0.15) is 0 Å². The average molecular weight is 263 g/mol. The Bertz CT molecular complexity index is 436. The molecule has 2 rings (SSSR count). The summed E-state index contributed by atoms with van der Waals surface area (Å²) in [5.41, 5.74) is 0.753. The van der Waals surface area contributed by atoms with Crippen LogP contribution in [0, 0.1) is 0 Å². The van der Waals surface area contributed by atoms with Gasteiger partial charge in [0.15, 0.2) is 0 Å². The Balaban J connectivity index is 1.60. The number of benzene rings is 1. The maximum atomic E-state index is 11.5. The monoisotopic (exact) mass is 263 g/mol. The minimum Gasteiger partial charge on any atom is -0.448 e. The number of cyclic esters (lactones) is 1. The first-order valence-electron chi connectivity index (χ1n) is 6.27. The van der Waals surface area contributed by atoms with Crippen molar-refractivity contribution in [2.75, 3.05) is 31.6 Å². The highest BCUT2D eigenvalue weighted by atomic mass is 16.6. The van der Waals surface area contributed by atoms with Gasteiger partial charge in [0.2, 0.25) is 0 Å². The molecule has 0 atom stereocenters. The fourth-order valence-corrected chi connectivity index (χ4v) is 1.80. The van der Waals surface area contributed by atoms with Crippen molar-refractivity contribution in [2.24, 2.45) is 0 Å².